The molecule has 1 aliphatic rings. The molecule has 1 saturated carbocycles. The minimum absolute atomic E-state index is 0.0110. The fraction of sp³-hybridized carbons (Fsp3) is 0.333. The van der Waals surface area contributed by atoms with Crippen LogP contribution in [0.2, 0.25) is 0 Å². The van der Waals surface area contributed by atoms with Crippen molar-refractivity contribution < 1.29 is 9.53 Å². The minimum atomic E-state index is -0.0266. The Morgan fingerprint density at radius 3 is 2.62 bits per heavy atom. The molecule has 1 aliphatic carbocycles. The maximum atomic E-state index is 13.6. The van der Waals surface area contributed by atoms with E-state index in [1.807, 2.05) is 73.0 Å². The maximum absolute atomic E-state index is 13.6. The van der Waals surface area contributed by atoms with E-state index in [9.17, 15) is 9.59 Å². The molecule has 0 aliphatic heterocycles. The third kappa shape index (κ3) is 6.40. The third-order valence-corrected chi connectivity index (χ3v) is 7.30. The smallest absolute Gasteiger partial charge is 0.258 e. The van der Waals surface area contributed by atoms with Crippen LogP contribution in [-0.4, -0.2) is 48.7 Å². The van der Waals surface area contributed by atoms with Gasteiger partial charge in [0.15, 0.2) is 0 Å². The first-order valence-electron chi connectivity index (χ1n) is 13.7. The van der Waals surface area contributed by atoms with E-state index in [1.165, 1.54) is 0 Å². The Labute approximate surface area is 230 Å². The van der Waals surface area contributed by atoms with Gasteiger partial charge in [0.05, 0.1) is 13.2 Å². The second-order valence-corrected chi connectivity index (χ2v) is 10.9. The van der Waals surface area contributed by atoms with E-state index in [4.69, 9.17) is 4.74 Å². The summed E-state index contributed by atoms with van der Waals surface area (Å²) in [5.74, 6) is 0.798. The van der Waals surface area contributed by atoms with Crippen LogP contribution in [0.5, 0.6) is 5.75 Å². The van der Waals surface area contributed by atoms with E-state index in [0.717, 1.165) is 64.9 Å². The van der Waals surface area contributed by atoms with Gasteiger partial charge in [0.2, 0.25) is 0 Å². The SMILES string of the molecule is Cc1ccc(C(=O)NC2CC2)cc1-c1ccc2c(=O)n(Cc3cccc(OCCCN(C)C)c3)c(C)cc2c1. The highest BCUT2D eigenvalue weighted by Gasteiger charge is 2.24. The predicted octanol–water partition coefficient (Wildman–Crippen LogP) is 5.56. The molecule has 5 rings (SSSR count). The molecule has 4 aromatic rings. The molecule has 6 nitrogen and oxygen atoms in total. The number of aromatic nitrogens is 1. The number of nitrogens with one attached hydrogen (secondary N) is 1. The molecule has 39 heavy (non-hydrogen) atoms. The zero-order chi connectivity index (χ0) is 27.5. The van der Waals surface area contributed by atoms with Crippen LogP contribution >= 0.6 is 0 Å². The van der Waals surface area contributed by atoms with E-state index in [-0.39, 0.29) is 11.5 Å². The van der Waals surface area contributed by atoms with Crippen LogP contribution in [0.1, 0.15) is 46.4 Å². The van der Waals surface area contributed by atoms with Crippen LogP contribution in [0.3, 0.4) is 0 Å². The second kappa shape index (κ2) is 11.5. The van der Waals surface area contributed by atoms with E-state index in [0.29, 0.717) is 30.1 Å². The highest BCUT2D eigenvalue weighted by Crippen LogP contribution is 2.28. The Bertz CT molecular complexity index is 1570. The Morgan fingerprint density at radius 1 is 1.03 bits per heavy atom. The van der Waals surface area contributed by atoms with Gasteiger partial charge in [-0.2, -0.15) is 0 Å². The molecular formula is C33H37N3O3. The predicted molar refractivity (Wildman–Crippen MR) is 158 cm³/mol. The molecule has 0 bridgehead atoms. The number of pyridine rings is 1. The lowest BCUT2D eigenvalue weighted by molar-refractivity contribution is 0.0951. The van der Waals surface area contributed by atoms with Gasteiger partial charge in [0, 0.05) is 29.2 Å². The number of hydrogen-bond donors (Lipinski definition) is 1. The first-order valence-corrected chi connectivity index (χ1v) is 13.7. The molecule has 0 spiro atoms. The largest absolute Gasteiger partial charge is 0.494 e. The first-order chi connectivity index (χ1) is 18.8. The van der Waals surface area contributed by atoms with Crippen LogP contribution in [0.25, 0.3) is 21.9 Å². The second-order valence-electron chi connectivity index (χ2n) is 10.9. The molecule has 1 N–H and O–H groups in total. The Hall–Kier alpha value is -3.90. The summed E-state index contributed by atoms with van der Waals surface area (Å²) in [5.41, 5.74) is 5.67. The molecule has 1 aromatic heterocycles. The van der Waals surface area contributed by atoms with E-state index >= 15 is 0 Å². The summed E-state index contributed by atoms with van der Waals surface area (Å²) in [5, 5.41) is 4.65. The molecule has 1 amide bonds. The number of rotatable bonds is 10. The lowest BCUT2D eigenvalue weighted by Gasteiger charge is -2.15. The summed E-state index contributed by atoms with van der Waals surface area (Å²) in [6, 6.07) is 22.1. The van der Waals surface area contributed by atoms with Crippen molar-refractivity contribution in [1.82, 2.24) is 14.8 Å². The van der Waals surface area contributed by atoms with Crippen LogP contribution in [0, 0.1) is 13.8 Å². The molecule has 202 valence electrons. The van der Waals surface area contributed by atoms with Crippen molar-refractivity contribution in [2.24, 2.45) is 0 Å². The fourth-order valence-corrected chi connectivity index (χ4v) is 4.91. The van der Waals surface area contributed by atoms with Crippen molar-refractivity contribution in [1.29, 1.82) is 0 Å². The zero-order valence-corrected chi connectivity index (χ0v) is 23.3. The van der Waals surface area contributed by atoms with Crippen molar-refractivity contribution >= 4 is 16.7 Å². The summed E-state index contributed by atoms with van der Waals surface area (Å²) < 4.78 is 7.76. The van der Waals surface area contributed by atoms with Crippen molar-refractivity contribution in [2.45, 2.75) is 45.7 Å². The number of amides is 1. The number of ether oxygens (including phenoxy) is 1. The molecule has 6 heteroatoms. The van der Waals surface area contributed by atoms with Crippen molar-refractivity contribution in [2.75, 3.05) is 27.2 Å². The van der Waals surface area contributed by atoms with E-state index < -0.39 is 0 Å². The average molecular weight is 524 g/mol. The molecule has 1 heterocycles. The van der Waals surface area contributed by atoms with Gasteiger partial charge in [0.1, 0.15) is 5.75 Å². The molecular weight excluding hydrogens is 486 g/mol. The van der Waals surface area contributed by atoms with Gasteiger partial charge in [-0.15, -0.1) is 0 Å². The van der Waals surface area contributed by atoms with Gasteiger partial charge < -0.3 is 19.5 Å². The molecule has 0 radical (unpaired) electrons. The normalized spacial score (nSPS) is 13.2. The lowest BCUT2D eigenvalue weighted by Crippen LogP contribution is -2.25. The summed E-state index contributed by atoms with van der Waals surface area (Å²) >= 11 is 0. The number of carbonyl (C=O) groups is 1. The highest BCUT2D eigenvalue weighted by atomic mass is 16.5. The maximum Gasteiger partial charge on any atom is 0.258 e. The van der Waals surface area contributed by atoms with Crippen molar-refractivity contribution in [3.63, 3.8) is 0 Å². The van der Waals surface area contributed by atoms with Crippen molar-refractivity contribution in [3.8, 4) is 16.9 Å². The van der Waals surface area contributed by atoms with Gasteiger partial charge in [0.25, 0.3) is 11.5 Å². The van der Waals surface area contributed by atoms with Crippen LogP contribution in [0.15, 0.2) is 71.5 Å². The topological polar surface area (TPSA) is 63.6 Å². The van der Waals surface area contributed by atoms with Gasteiger partial charge in [-0.3, -0.25) is 9.59 Å². The van der Waals surface area contributed by atoms with E-state index in [2.05, 4.69) is 36.4 Å². The molecule has 3 aromatic carbocycles. The highest BCUT2D eigenvalue weighted by molar-refractivity contribution is 5.96. The Balaban J connectivity index is 1.39. The van der Waals surface area contributed by atoms with Gasteiger partial charge in [-0.25, -0.2) is 0 Å². The summed E-state index contributed by atoms with van der Waals surface area (Å²) in [7, 11) is 4.11. The monoisotopic (exact) mass is 523 g/mol. The van der Waals surface area contributed by atoms with Crippen molar-refractivity contribution in [3.05, 3.63) is 99.5 Å². The molecule has 0 saturated heterocycles. The number of carbonyl (C=O) groups excluding carboxylic acids is 1. The number of nitrogens with zero attached hydrogens (tertiary/aromatic N) is 2. The summed E-state index contributed by atoms with van der Waals surface area (Å²) in [4.78, 5) is 28.3. The zero-order valence-electron chi connectivity index (χ0n) is 23.3. The Kier molecular flexibility index (Phi) is 7.84. The number of benzene rings is 3. The fourth-order valence-electron chi connectivity index (χ4n) is 4.91. The van der Waals surface area contributed by atoms with Gasteiger partial charge in [-0.05, 0) is 117 Å². The third-order valence-electron chi connectivity index (χ3n) is 7.30. The first kappa shape index (κ1) is 26.7. The van der Waals surface area contributed by atoms with Crippen LogP contribution in [0.4, 0.5) is 0 Å². The summed E-state index contributed by atoms with van der Waals surface area (Å²) in [6.45, 7) is 6.14. The van der Waals surface area contributed by atoms with Crippen LogP contribution in [-0.2, 0) is 6.54 Å². The molecule has 1 fully saturated rings. The summed E-state index contributed by atoms with van der Waals surface area (Å²) in [6.07, 6.45) is 3.07. The number of fused-ring (bicyclic) bond motifs is 1. The van der Waals surface area contributed by atoms with Gasteiger partial charge >= 0.3 is 0 Å². The average Bonchev–Trinajstić information content (AvgIpc) is 3.73. The minimum Gasteiger partial charge on any atom is -0.494 e. The molecule has 0 atom stereocenters. The van der Waals surface area contributed by atoms with Gasteiger partial charge in [-0.1, -0.05) is 24.3 Å². The standard InChI is InChI=1S/C33H37N3O3/c1-22-9-10-26(32(37)34-28-12-13-28)20-31(22)25-11-14-30-27(19-25)17-23(2)36(33(30)38)21-24-7-5-8-29(18-24)39-16-6-15-35(3)4/h5,7-11,14,17-20,28H,6,12-13,15-16,21H2,1-4H3,(H,34,37). The van der Waals surface area contributed by atoms with Crippen LogP contribution < -0.4 is 15.6 Å². The quantitative estimate of drug-likeness (QED) is 0.277. The Morgan fingerprint density at radius 2 is 1.85 bits per heavy atom. The molecule has 0 unspecified atom stereocenters. The lowest BCUT2D eigenvalue weighted by atomic mass is 9.96. The number of hydrogen-bond acceptors (Lipinski definition) is 4. The number of aryl methyl sites for hydroxylation is 2. The van der Waals surface area contributed by atoms with E-state index in [1.54, 1.807) is 0 Å².